The summed E-state index contributed by atoms with van der Waals surface area (Å²) in [5, 5.41) is 3.33. The quantitative estimate of drug-likeness (QED) is 0.314. The minimum atomic E-state index is 0.249. The van der Waals surface area contributed by atoms with Crippen LogP contribution in [-0.4, -0.2) is 0 Å². The highest BCUT2D eigenvalue weighted by molar-refractivity contribution is 5.18. The van der Waals surface area contributed by atoms with Gasteiger partial charge in [0.1, 0.15) is 6.26 Å². The number of allylic oxidation sites excluding steroid dienone is 1. The summed E-state index contributed by atoms with van der Waals surface area (Å²) in [6.45, 7) is 10.7. The zero-order valence-corrected chi connectivity index (χ0v) is 16.6. The molecular weight excluding hydrogens is 294 g/mol. The molecule has 0 bridgehead atoms. The average molecular weight is 336 g/mol. The highest BCUT2D eigenvalue weighted by Crippen LogP contribution is 2.41. The van der Waals surface area contributed by atoms with Gasteiger partial charge in [0.25, 0.3) is 0 Å². The summed E-state index contributed by atoms with van der Waals surface area (Å²) in [6.07, 6.45) is 20.9. The Morgan fingerprint density at radius 3 is 1.75 bits per heavy atom. The van der Waals surface area contributed by atoms with Gasteiger partial charge in [0.05, 0.1) is 5.70 Å². The lowest BCUT2D eigenvalue weighted by molar-refractivity contribution is 0.277. The molecule has 0 spiro atoms. The van der Waals surface area contributed by atoms with Crippen molar-refractivity contribution >= 4 is 0 Å². The fraction of sp³-hybridized carbons (Fsp3) is 0.818. The molecule has 1 N–H and O–H groups in total. The highest BCUT2D eigenvalue weighted by atomic mass is 16.5. The van der Waals surface area contributed by atoms with Gasteiger partial charge in [0, 0.05) is 5.41 Å². The molecule has 140 valence electrons. The number of nitrogens with one attached hydrogen (secondary N) is 1. The van der Waals surface area contributed by atoms with Crippen molar-refractivity contribution in [1.82, 2.24) is 5.32 Å². The van der Waals surface area contributed by atoms with Crippen molar-refractivity contribution in [2.24, 2.45) is 5.41 Å². The first kappa shape index (κ1) is 21.1. The van der Waals surface area contributed by atoms with Gasteiger partial charge in [-0.05, 0) is 25.8 Å². The molecule has 1 heterocycles. The molecule has 0 aromatic carbocycles. The molecule has 0 amide bonds. The van der Waals surface area contributed by atoms with Gasteiger partial charge < -0.3 is 10.1 Å². The summed E-state index contributed by atoms with van der Waals surface area (Å²) in [4.78, 5) is 0. The highest BCUT2D eigenvalue weighted by Gasteiger charge is 2.33. The van der Waals surface area contributed by atoms with E-state index in [2.05, 4.69) is 32.7 Å². The van der Waals surface area contributed by atoms with Crippen LogP contribution in [0.25, 0.3) is 0 Å². The predicted molar refractivity (Wildman–Crippen MR) is 106 cm³/mol. The summed E-state index contributed by atoms with van der Waals surface area (Å²) in [5.74, 6) is 0.676. The first-order valence-corrected chi connectivity index (χ1v) is 10.5. The summed E-state index contributed by atoms with van der Waals surface area (Å²) in [7, 11) is 0. The van der Waals surface area contributed by atoms with Gasteiger partial charge in [-0.2, -0.15) is 0 Å². The molecule has 24 heavy (non-hydrogen) atoms. The van der Waals surface area contributed by atoms with E-state index in [1.807, 2.05) is 6.26 Å². The average Bonchev–Trinajstić information content (AvgIpc) is 3.03. The van der Waals surface area contributed by atoms with Crippen LogP contribution < -0.4 is 5.32 Å². The Kier molecular flexibility index (Phi) is 11.0. The third kappa shape index (κ3) is 7.32. The van der Waals surface area contributed by atoms with Crippen LogP contribution in [0.1, 0.15) is 111 Å². The maximum atomic E-state index is 5.41. The zero-order chi connectivity index (χ0) is 17.7. The Morgan fingerprint density at radius 2 is 1.33 bits per heavy atom. The maximum absolute atomic E-state index is 5.41. The van der Waals surface area contributed by atoms with Crippen molar-refractivity contribution in [2.75, 3.05) is 0 Å². The number of ether oxygens (including phenoxy) is 1. The smallest absolute Gasteiger partial charge is 0.189 e. The van der Waals surface area contributed by atoms with Gasteiger partial charge >= 0.3 is 0 Å². The molecule has 0 fully saturated rings. The lowest BCUT2D eigenvalue weighted by Crippen LogP contribution is -2.28. The van der Waals surface area contributed by atoms with E-state index in [1.165, 1.54) is 82.7 Å². The van der Waals surface area contributed by atoms with Crippen LogP contribution in [0.2, 0.25) is 0 Å². The Bertz CT molecular complexity index is 368. The zero-order valence-electron chi connectivity index (χ0n) is 16.6. The van der Waals surface area contributed by atoms with Gasteiger partial charge in [-0.25, -0.2) is 0 Å². The topological polar surface area (TPSA) is 21.3 Å². The number of unbranched alkanes of at least 4 members (excludes halogenated alkanes) is 10. The van der Waals surface area contributed by atoms with Gasteiger partial charge in [0.15, 0.2) is 5.88 Å². The largest absolute Gasteiger partial charge is 0.448 e. The Balaban J connectivity index is 2.11. The van der Waals surface area contributed by atoms with Crippen molar-refractivity contribution in [3.63, 3.8) is 0 Å². The van der Waals surface area contributed by atoms with Crippen LogP contribution in [0.5, 0.6) is 0 Å². The normalized spacial score (nSPS) is 14.5. The Morgan fingerprint density at radius 1 is 0.833 bits per heavy atom. The summed E-state index contributed by atoms with van der Waals surface area (Å²) in [6, 6.07) is 0. The molecular formula is C22H41NO. The molecule has 0 aromatic heterocycles. The summed E-state index contributed by atoms with van der Waals surface area (Å²) < 4.78 is 5.41. The van der Waals surface area contributed by atoms with E-state index in [0.717, 1.165) is 12.8 Å². The lowest BCUT2D eigenvalue weighted by Gasteiger charge is -2.32. The van der Waals surface area contributed by atoms with E-state index in [1.54, 1.807) is 0 Å². The number of hydrogen-bond donors (Lipinski definition) is 1. The second-order valence-electron chi connectivity index (χ2n) is 7.47. The van der Waals surface area contributed by atoms with Crippen LogP contribution in [0.4, 0.5) is 0 Å². The van der Waals surface area contributed by atoms with Gasteiger partial charge in [-0.1, -0.05) is 91.4 Å². The van der Waals surface area contributed by atoms with E-state index >= 15 is 0 Å². The molecule has 0 saturated heterocycles. The van der Waals surface area contributed by atoms with Crippen LogP contribution in [0.15, 0.2) is 24.4 Å². The van der Waals surface area contributed by atoms with Crippen molar-refractivity contribution in [1.29, 1.82) is 0 Å². The molecule has 1 rings (SSSR count). The summed E-state index contributed by atoms with van der Waals surface area (Å²) >= 11 is 0. The first-order valence-electron chi connectivity index (χ1n) is 10.5. The Hall–Kier alpha value is -0.920. The standard InChI is InChI=1S/C22H41NO/c1-5-8-9-10-11-12-13-14-15-16-17-18-22(6-2,7-3)21-19-24-20(4)23-21/h19,23H,4-18H2,1-3H3. The van der Waals surface area contributed by atoms with E-state index in [9.17, 15) is 0 Å². The Labute approximate surface area is 151 Å². The summed E-state index contributed by atoms with van der Waals surface area (Å²) in [5.41, 5.74) is 1.49. The fourth-order valence-corrected chi connectivity index (χ4v) is 3.84. The molecule has 1 aliphatic heterocycles. The van der Waals surface area contributed by atoms with Crippen molar-refractivity contribution < 1.29 is 4.74 Å². The number of rotatable bonds is 15. The van der Waals surface area contributed by atoms with Crippen LogP contribution in [0.3, 0.4) is 0 Å². The minimum absolute atomic E-state index is 0.249. The second-order valence-corrected chi connectivity index (χ2v) is 7.47. The van der Waals surface area contributed by atoms with E-state index < -0.39 is 0 Å². The molecule has 0 aliphatic carbocycles. The SMILES string of the molecule is C=C1NC(C(CC)(CC)CCCCCCCCCCCCC)=CO1. The minimum Gasteiger partial charge on any atom is -0.448 e. The van der Waals surface area contributed by atoms with Crippen molar-refractivity contribution in [2.45, 2.75) is 111 Å². The molecule has 0 aromatic rings. The van der Waals surface area contributed by atoms with Crippen LogP contribution in [0, 0.1) is 5.41 Å². The third-order valence-electron chi connectivity index (χ3n) is 5.78. The van der Waals surface area contributed by atoms with E-state index in [-0.39, 0.29) is 5.41 Å². The molecule has 2 nitrogen and oxygen atoms in total. The molecule has 0 unspecified atom stereocenters. The van der Waals surface area contributed by atoms with E-state index in [4.69, 9.17) is 4.74 Å². The molecule has 0 atom stereocenters. The van der Waals surface area contributed by atoms with E-state index in [0.29, 0.717) is 5.88 Å². The molecule has 1 aliphatic rings. The first-order chi connectivity index (χ1) is 11.7. The lowest BCUT2D eigenvalue weighted by atomic mass is 9.75. The second kappa shape index (κ2) is 12.4. The van der Waals surface area contributed by atoms with Crippen LogP contribution in [-0.2, 0) is 4.74 Å². The molecule has 0 saturated carbocycles. The molecule has 0 radical (unpaired) electrons. The fourth-order valence-electron chi connectivity index (χ4n) is 3.84. The predicted octanol–water partition coefficient (Wildman–Crippen LogP) is 7.43. The van der Waals surface area contributed by atoms with Gasteiger partial charge in [0.2, 0.25) is 0 Å². The molecule has 2 heteroatoms. The third-order valence-corrected chi connectivity index (χ3v) is 5.78. The monoisotopic (exact) mass is 335 g/mol. The van der Waals surface area contributed by atoms with Crippen LogP contribution >= 0.6 is 0 Å². The number of hydrogen-bond acceptors (Lipinski definition) is 2. The maximum Gasteiger partial charge on any atom is 0.189 e. The van der Waals surface area contributed by atoms with Gasteiger partial charge in [-0.15, -0.1) is 0 Å². The van der Waals surface area contributed by atoms with Crippen molar-refractivity contribution in [3.8, 4) is 0 Å². The van der Waals surface area contributed by atoms with Gasteiger partial charge in [-0.3, -0.25) is 0 Å². The van der Waals surface area contributed by atoms with Crippen molar-refractivity contribution in [3.05, 3.63) is 24.4 Å².